The molecule has 1 aliphatic carbocycles. The molecule has 1 fully saturated rings. The summed E-state index contributed by atoms with van der Waals surface area (Å²) in [5, 5.41) is 11.9. The van der Waals surface area contributed by atoms with E-state index in [0.29, 0.717) is 0 Å². The molecule has 0 saturated heterocycles. The highest BCUT2D eigenvalue weighted by atomic mass is 16.4. The molecule has 0 aromatic heterocycles. The monoisotopic (exact) mass is 269 g/mol. The van der Waals surface area contributed by atoms with Crippen LogP contribution in [0.4, 0.5) is 0 Å². The largest absolute Gasteiger partial charge is 0.481 e. The molecule has 2 N–H and O–H groups in total. The van der Waals surface area contributed by atoms with Crippen molar-refractivity contribution in [2.75, 3.05) is 6.54 Å². The van der Waals surface area contributed by atoms with Crippen molar-refractivity contribution in [3.05, 3.63) is 0 Å². The van der Waals surface area contributed by atoms with E-state index in [-0.39, 0.29) is 24.3 Å². The maximum Gasteiger partial charge on any atom is 0.308 e. The van der Waals surface area contributed by atoms with Crippen molar-refractivity contribution in [2.24, 2.45) is 17.8 Å². The molecule has 1 unspecified atom stereocenters. The molecule has 110 valence electrons. The van der Waals surface area contributed by atoms with Gasteiger partial charge in [-0.1, -0.05) is 46.0 Å². The predicted molar refractivity (Wildman–Crippen MR) is 74.8 cm³/mol. The summed E-state index contributed by atoms with van der Waals surface area (Å²) in [6.45, 7) is 4.00. The van der Waals surface area contributed by atoms with Gasteiger partial charge >= 0.3 is 5.97 Å². The summed E-state index contributed by atoms with van der Waals surface area (Å²) in [4.78, 5) is 23.2. The van der Waals surface area contributed by atoms with Gasteiger partial charge in [-0.3, -0.25) is 9.59 Å². The molecule has 0 heterocycles. The Morgan fingerprint density at radius 1 is 1.11 bits per heavy atom. The van der Waals surface area contributed by atoms with Crippen LogP contribution in [0.1, 0.15) is 58.8 Å². The summed E-state index contributed by atoms with van der Waals surface area (Å²) < 4.78 is 0. The Kier molecular flexibility index (Phi) is 6.89. The minimum Gasteiger partial charge on any atom is -0.481 e. The lowest BCUT2D eigenvalue weighted by molar-refractivity contribution is -0.143. The Morgan fingerprint density at radius 3 is 2.11 bits per heavy atom. The van der Waals surface area contributed by atoms with Gasteiger partial charge in [-0.15, -0.1) is 0 Å². The first kappa shape index (κ1) is 16.0. The van der Waals surface area contributed by atoms with E-state index >= 15 is 0 Å². The molecule has 4 heteroatoms. The number of hydrogen-bond donors (Lipinski definition) is 2. The number of rotatable bonds is 5. The number of carboxylic acid groups (broad SMARTS) is 1. The number of hydrogen-bond acceptors (Lipinski definition) is 2. The zero-order chi connectivity index (χ0) is 14.3. The minimum atomic E-state index is -0.826. The highest BCUT2D eigenvalue weighted by molar-refractivity contribution is 5.79. The van der Waals surface area contributed by atoms with E-state index < -0.39 is 11.9 Å². The average molecular weight is 269 g/mol. The fraction of sp³-hybridized carbons (Fsp3) is 0.867. The lowest BCUT2D eigenvalue weighted by Gasteiger charge is -2.21. The van der Waals surface area contributed by atoms with Gasteiger partial charge < -0.3 is 10.4 Å². The van der Waals surface area contributed by atoms with Crippen LogP contribution < -0.4 is 5.32 Å². The van der Waals surface area contributed by atoms with E-state index in [0.717, 1.165) is 25.7 Å². The Labute approximate surface area is 116 Å². The molecule has 0 aromatic rings. The fourth-order valence-electron chi connectivity index (χ4n) is 2.68. The number of carboxylic acids is 1. The van der Waals surface area contributed by atoms with Gasteiger partial charge in [-0.25, -0.2) is 0 Å². The normalized spacial score (nSPS) is 19.5. The smallest absolute Gasteiger partial charge is 0.308 e. The highest BCUT2D eigenvalue weighted by Crippen LogP contribution is 2.22. The summed E-state index contributed by atoms with van der Waals surface area (Å²) in [5.41, 5.74) is 0. The van der Waals surface area contributed by atoms with E-state index in [1.54, 1.807) is 0 Å². The van der Waals surface area contributed by atoms with Gasteiger partial charge in [0.05, 0.1) is 5.92 Å². The average Bonchev–Trinajstić information content (AvgIpc) is 2.27. The maximum atomic E-state index is 12.1. The number of nitrogens with one attached hydrogen (secondary N) is 1. The van der Waals surface area contributed by atoms with Gasteiger partial charge in [0.2, 0.25) is 5.91 Å². The van der Waals surface area contributed by atoms with Crippen LogP contribution in [0.3, 0.4) is 0 Å². The number of carbonyl (C=O) groups is 2. The van der Waals surface area contributed by atoms with Crippen LogP contribution in [0.25, 0.3) is 0 Å². The van der Waals surface area contributed by atoms with E-state index in [9.17, 15) is 9.59 Å². The molecule has 0 aliphatic heterocycles. The zero-order valence-corrected chi connectivity index (χ0v) is 12.2. The van der Waals surface area contributed by atoms with Crippen LogP contribution in [0.15, 0.2) is 0 Å². The molecular weight excluding hydrogens is 242 g/mol. The molecule has 0 radical (unpaired) electrons. The second-order valence-corrected chi connectivity index (χ2v) is 5.98. The topological polar surface area (TPSA) is 66.4 Å². The molecule has 0 bridgehead atoms. The number of carbonyl (C=O) groups excluding carboxylic acids is 1. The number of aliphatic carboxylic acids is 1. The van der Waals surface area contributed by atoms with Crippen LogP contribution in [-0.4, -0.2) is 23.5 Å². The van der Waals surface area contributed by atoms with Crippen molar-refractivity contribution in [1.29, 1.82) is 0 Å². The minimum absolute atomic E-state index is 0.0372. The van der Waals surface area contributed by atoms with Gasteiger partial charge in [0.15, 0.2) is 0 Å². The SMILES string of the molecule is CC(C)C(CNC(=O)C1CCCCCCC1)C(=O)O. The summed E-state index contributed by atoms with van der Waals surface area (Å²) in [7, 11) is 0. The summed E-state index contributed by atoms with van der Waals surface area (Å²) >= 11 is 0. The standard InChI is InChI=1S/C15H27NO3/c1-11(2)13(15(18)19)10-16-14(17)12-8-6-4-3-5-7-9-12/h11-13H,3-10H2,1-2H3,(H,16,17)(H,18,19). The van der Waals surface area contributed by atoms with E-state index in [1.165, 1.54) is 19.3 Å². The third kappa shape index (κ3) is 5.62. The Hall–Kier alpha value is -1.06. The zero-order valence-electron chi connectivity index (χ0n) is 12.2. The third-order valence-corrected chi connectivity index (χ3v) is 4.09. The molecule has 1 saturated carbocycles. The van der Waals surface area contributed by atoms with Crippen molar-refractivity contribution in [3.63, 3.8) is 0 Å². The highest BCUT2D eigenvalue weighted by Gasteiger charge is 2.24. The van der Waals surface area contributed by atoms with E-state index in [1.807, 2.05) is 13.8 Å². The Bertz CT molecular complexity index is 294. The van der Waals surface area contributed by atoms with Crippen molar-refractivity contribution in [3.8, 4) is 0 Å². The summed E-state index contributed by atoms with van der Waals surface area (Å²) in [6.07, 6.45) is 7.84. The molecule has 1 amide bonds. The first-order valence-electron chi connectivity index (χ1n) is 7.53. The number of amides is 1. The predicted octanol–water partition coefficient (Wildman–Crippen LogP) is 2.82. The molecule has 4 nitrogen and oxygen atoms in total. The van der Waals surface area contributed by atoms with Crippen LogP contribution in [0.2, 0.25) is 0 Å². The van der Waals surface area contributed by atoms with E-state index in [2.05, 4.69) is 5.32 Å². The van der Waals surface area contributed by atoms with Crippen molar-refractivity contribution in [1.82, 2.24) is 5.32 Å². The van der Waals surface area contributed by atoms with E-state index in [4.69, 9.17) is 5.11 Å². The van der Waals surface area contributed by atoms with Crippen LogP contribution >= 0.6 is 0 Å². The second kappa shape index (κ2) is 8.18. The molecule has 1 atom stereocenters. The quantitative estimate of drug-likeness (QED) is 0.806. The molecule has 0 aromatic carbocycles. The molecule has 1 rings (SSSR count). The Balaban J connectivity index is 2.41. The second-order valence-electron chi connectivity index (χ2n) is 5.98. The molecule has 1 aliphatic rings. The van der Waals surface area contributed by atoms with Crippen LogP contribution in [0, 0.1) is 17.8 Å². The summed E-state index contributed by atoms with van der Waals surface area (Å²) in [6, 6.07) is 0. The van der Waals surface area contributed by atoms with Crippen molar-refractivity contribution in [2.45, 2.75) is 58.8 Å². The first-order chi connectivity index (χ1) is 9.02. The van der Waals surface area contributed by atoms with Crippen molar-refractivity contribution < 1.29 is 14.7 Å². The van der Waals surface area contributed by atoms with Gasteiger partial charge in [0.25, 0.3) is 0 Å². The summed E-state index contributed by atoms with van der Waals surface area (Å²) in [5.74, 6) is -1.14. The third-order valence-electron chi connectivity index (χ3n) is 4.09. The van der Waals surface area contributed by atoms with Gasteiger partial charge in [0, 0.05) is 12.5 Å². The lowest BCUT2D eigenvalue weighted by atomic mass is 9.90. The van der Waals surface area contributed by atoms with Gasteiger partial charge in [0.1, 0.15) is 0 Å². The van der Waals surface area contributed by atoms with Crippen molar-refractivity contribution >= 4 is 11.9 Å². The lowest BCUT2D eigenvalue weighted by Crippen LogP contribution is -2.38. The first-order valence-corrected chi connectivity index (χ1v) is 7.53. The maximum absolute atomic E-state index is 12.1. The Morgan fingerprint density at radius 2 is 1.63 bits per heavy atom. The van der Waals surface area contributed by atoms with Gasteiger partial charge in [-0.05, 0) is 18.8 Å². The van der Waals surface area contributed by atoms with Gasteiger partial charge in [-0.2, -0.15) is 0 Å². The fourth-order valence-corrected chi connectivity index (χ4v) is 2.68. The molecule has 19 heavy (non-hydrogen) atoms. The molecular formula is C15H27NO3. The van der Waals surface area contributed by atoms with Crippen LogP contribution in [0.5, 0.6) is 0 Å². The molecule has 0 spiro atoms. The van der Waals surface area contributed by atoms with Crippen LogP contribution in [-0.2, 0) is 9.59 Å².